The van der Waals surface area contributed by atoms with E-state index in [0.29, 0.717) is 61.1 Å². The molecule has 9 heteroatoms. The molecule has 0 unspecified atom stereocenters. The highest BCUT2D eigenvalue weighted by Gasteiger charge is 2.19. The van der Waals surface area contributed by atoms with Gasteiger partial charge in [-0.2, -0.15) is 0 Å². The average molecular weight is 483 g/mol. The number of aromatic amines is 1. The van der Waals surface area contributed by atoms with Crippen molar-refractivity contribution in [1.82, 2.24) is 29.4 Å². The summed E-state index contributed by atoms with van der Waals surface area (Å²) in [6, 6.07) is 5.90. The van der Waals surface area contributed by atoms with Crippen molar-refractivity contribution < 1.29 is 9.53 Å². The molecule has 3 rings (SSSR count). The molecule has 1 N–H and O–H groups in total. The first-order valence-corrected chi connectivity index (χ1v) is 12.6. The minimum atomic E-state index is -0.227. The molecule has 2 heterocycles. The number of rotatable bonds is 12. The second-order valence-corrected chi connectivity index (χ2v) is 8.56. The second-order valence-electron chi connectivity index (χ2n) is 8.56. The predicted octanol–water partition coefficient (Wildman–Crippen LogP) is 3.43. The number of imidazole rings is 1. The molecular formula is C26H38N6O3. The molecule has 0 saturated carbocycles. The number of ether oxygens (including phenoxy) is 1. The van der Waals surface area contributed by atoms with Crippen LogP contribution < -0.4 is 10.3 Å². The van der Waals surface area contributed by atoms with Crippen molar-refractivity contribution >= 4 is 11.4 Å². The van der Waals surface area contributed by atoms with Crippen LogP contribution in [0.1, 0.15) is 58.1 Å². The number of nitrogens with zero attached hydrogens (tertiary/aromatic N) is 5. The fraction of sp³-hybridized carbons (Fsp3) is 0.538. The van der Waals surface area contributed by atoms with E-state index in [1.54, 1.807) is 4.52 Å². The maximum atomic E-state index is 13.0. The van der Waals surface area contributed by atoms with Crippen LogP contribution in [0.3, 0.4) is 0 Å². The lowest BCUT2D eigenvalue weighted by Gasteiger charge is -2.25. The van der Waals surface area contributed by atoms with Crippen molar-refractivity contribution in [3.63, 3.8) is 0 Å². The minimum absolute atomic E-state index is 0.124. The molecule has 0 spiro atoms. The number of hydrogen-bond acceptors (Lipinski definition) is 6. The van der Waals surface area contributed by atoms with E-state index < -0.39 is 0 Å². The smallest absolute Gasteiger partial charge is 0.277 e. The first-order chi connectivity index (χ1) is 16.9. The van der Waals surface area contributed by atoms with Crippen LogP contribution in [0.2, 0.25) is 0 Å². The van der Waals surface area contributed by atoms with E-state index >= 15 is 0 Å². The first kappa shape index (κ1) is 26.4. The summed E-state index contributed by atoms with van der Waals surface area (Å²) in [7, 11) is 0. The Morgan fingerprint density at radius 2 is 1.86 bits per heavy atom. The van der Waals surface area contributed by atoms with Gasteiger partial charge in [0, 0.05) is 26.1 Å². The Hall–Kier alpha value is -3.20. The van der Waals surface area contributed by atoms with Gasteiger partial charge in [-0.15, -0.1) is 5.10 Å². The quantitative estimate of drug-likeness (QED) is 0.425. The number of likely N-dealkylation sites (N-methyl/N-ethyl adjacent to an activating group) is 2. The molecule has 0 atom stereocenters. The summed E-state index contributed by atoms with van der Waals surface area (Å²) in [5, 5.41) is 4.77. The Kier molecular flexibility index (Phi) is 9.03. The third kappa shape index (κ3) is 5.90. The van der Waals surface area contributed by atoms with Crippen molar-refractivity contribution in [3.8, 4) is 17.1 Å². The van der Waals surface area contributed by atoms with E-state index in [-0.39, 0.29) is 11.5 Å². The standard InChI is InChI=1S/C26H38N6O3/c1-7-12-22-27-18(6)24-26(34)28-25(29-32(22)24)20-15-19(13-14-21(20)35-11-5)16-30(8-2)17-23(33)31(9-3)10-4/h13-15H,7-12,16-17H2,1-6H3,(H,28,29,34). The van der Waals surface area contributed by atoms with E-state index in [9.17, 15) is 9.59 Å². The number of amides is 1. The molecule has 0 radical (unpaired) electrons. The van der Waals surface area contributed by atoms with Crippen LogP contribution in [0.5, 0.6) is 5.75 Å². The van der Waals surface area contributed by atoms with Gasteiger partial charge in [-0.1, -0.05) is 19.9 Å². The SMILES string of the molecule is CCCc1nc(C)c2c(=O)[nH]c(-c3cc(CN(CC)CC(=O)N(CC)CC)ccc3OCC)nn12. The van der Waals surface area contributed by atoms with E-state index in [2.05, 4.69) is 28.7 Å². The van der Waals surface area contributed by atoms with Gasteiger partial charge in [0.1, 0.15) is 11.6 Å². The van der Waals surface area contributed by atoms with Gasteiger partial charge in [-0.3, -0.25) is 14.5 Å². The summed E-state index contributed by atoms with van der Waals surface area (Å²) in [6.45, 7) is 15.5. The number of fused-ring (bicyclic) bond motifs is 1. The van der Waals surface area contributed by atoms with Crippen LogP contribution in [0.25, 0.3) is 16.9 Å². The zero-order valence-corrected chi connectivity index (χ0v) is 21.8. The monoisotopic (exact) mass is 482 g/mol. The number of aromatic nitrogens is 4. The van der Waals surface area contributed by atoms with E-state index in [1.807, 2.05) is 50.8 Å². The van der Waals surface area contributed by atoms with E-state index in [4.69, 9.17) is 9.84 Å². The number of carbonyl (C=O) groups excluding carboxylic acids is 1. The minimum Gasteiger partial charge on any atom is -0.493 e. The van der Waals surface area contributed by atoms with Crippen LogP contribution in [-0.2, 0) is 17.8 Å². The number of hydrogen-bond donors (Lipinski definition) is 1. The summed E-state index contributed by atoms with van der Waals surface area (Å²) in [6.07, 6.45) is 1.64. The number of H-pyrrole nitrogens is 1. The number of aryl methyl sites for hydroxylation is 2. The van der Waals surface area contributed by atoms with Gasteiger partial charge in [-0.25, -0.2) is 9.50 Å². The fourth-order valence-electron chi connectivity index (χ4n) is 4.29. The molecule has 3 aromatic rings. The van der Waals surface area contributed by atoms with Crippen molar-refractivity contribution in [2.45, 2.75) is 60.9 Å². The van der Waals surface area contributed by atoms with Crippen molar-refractivity contribution in [1.29, 1.82) is 0 Å². The Labute approximate surface area is 207 Å². The van der Waals surface area contributed by atoms with Gasteiger partial charge in [-0.05, 0) is 58.4 Å². The van der Waals surface area contributed by atoms with E-state index in [1.165, 1.54) is 0 Å². The van der Waals surface area contributed by atoms with Gasteiger partial charge in [0.15, 0.2) is 11.3 Å². The molecule has 1 amide bonds. The van der Waals surface area contributed by atoms with Gasteiger partial charge < -0.3 is 14.6 Å². The molecule has 0 aliphatic heterocycles. The second kappa shape index (κ2) is 12.0. The highest BCUT2D eigenvalue weighted by Crippen LogP contribution is 2.29. The van der Waals surface area contributed by atoms with Crippen molar-refractivity contribution in [2.24, 2.45) is 0 Å². The van der Waals surface area contributed by atoms with Gasteiger partial charge >= 0.3 is 0 Å². The summed E-state index contributed by atoms with van der Waals surface area (Å²) >= 11 is 0. The number of nitrogens with one attached hydrogen (secondary N) is 1. The maximum Gasteiger partial charge on any atom is 0.277 e. The van der Waals surface area contributed by atoms with Crippen LogP contribution in [-0.4, -0.2) is 68.1 Å². The molecule has 1 aromatic carbocycles. The lowest BCUT2D eigenvalue weighted by atomic mass is 10.1. The summed E-state index contributed by atoms with van der Waals surface area (Å²) in [4.78, 5) is 37.1. The normalized spacial score (nSPS) is 11.4. The molecule has 0 bridgehead atoms. The van der Waals surface area contributed by atoms with Gasteiger partial charge in [0.05, 0.1) is 24.4 Å². The fourth-order valence-corrected chi connectivity index (χ4v) is 4.29. The summed E-state index contributed by atoms with van der Waals surface area (Å²) in [5.74, 6) is 1.98. The number of carbonyl (C=O) groups is 1. The Morgan fingerprint density at radius 3 is 2.49 bits per heavy atom. The van der Waals surface area contributed by atoms with Crippen LogP contribution in [0.4, 0.5) is 0 Å². The highest BCUT2D eigenvalue weighted by molar-refractivity contribution is 5.78. The first-order valence-electron chi connectivity index (χ1n) is 12.6. The molecule has 0 saturated heterocycles. The van der Waals surface area contributed by atoms with Gasteiger partial charge in [0.25, 0.3) is 5.56 Å². The van der Waals surface area contributed by atoms with Crippen molar-refractivity contribution in [3.05, 3.63) is 45.6 Å². The Morgan fingerprint density at radius 1 is 1.11 bits per heavy atom. The zero-order chi connectivity index (χ0) is 25.5. The molecule has 35 heavy (non-hydrogen) atoms. The molecule has 9 nitrogen and oxygen atoms in total. The summed E-state index contributed by atoms with van der Waals surface area (Å²) < 4.78 is 7.54. The topological polar surface area (TPSA) is 95.8 Å². The highest BCUT2D eigenvalue weighted by atomic mass is 16.5. The Balaban J connectivity index is 2.01. The third-order valence-corrected chi connectivity index (χ3v) is 6.14. The van der Waals surface area contributed by atoms with Crippen LogP contribution in [0.15, 0.2) is 23.0 Å². The summed E-state index contributed by atoms with van der Waals surface area (Å²) in [5.41, 5.74) is 2.64. The lowest BCUT2D eigenvalue weighted by Crippen LogP contribution is -2.39. The molecular weight excluding hydrogens is 444 g/mol. The van der Waals surface area contributed by atoms with E-state index in [0.717, 1.165) is 30.8 Å². The molecule has 0 fully saturated rings. The third-order valence-electron chi connectivity index (χ3n) is 6.14. The molecule has 190 valence electrons. The van der Waals surface area contributed by atoms with Crippen LogP contribution in [0, 0.1) is 6.92 Å². The van der Waals surface area contributed by atoms with Crippen LogP contribution >= 0.6 is 0 Å². The molecule has 0 aliphatic rings. The molecule has 0 aliphatic carbocycles. The van der Waals surface area contributed by atoms with Crippen molar-refractivity contribution in [2.75, 3.05) is 32.8 Å². The Bertz CT molecular complexity index is 1210. The predicted molar refractivity (Wildman–Crippen MR) is 138 cm³/mol. The molecule has 2 aromatic heterocycles. The largest absolute Gasteiger partial charge is 0.493 e. The maximum absolute atomic E-state index is 13.0. The zero-order valence-electron chi connectivity index (χ0n) is 21.8. The number of benzene rings is 1. The lowest BCUT2D eigenvalue weighted by molar-refractivity contribution is -0.132. The average Bonchev–Trinajstić information content (AvgIpc) is 3.16. The van der Waals surface area contributed by atoms with Gasteiger partial charge in [0.2, 0.25) is 5.91 Å².